The smallest absolute Gasteiger partial charge is 0.236 e. The molecule has 2 amide bonds. The van der Waals surface area contributed by atoms with Crippen LogP contribution in [0.3, 0.4) is 0 Å². The highest BCUT2D eigenvalue weighted by atomic mass is 16.3. The minimum atomic E-state index is -0.388. The van der Waals surface area contributed by atoms with Crippen LogP contribution in [-0.4, -0.2) is 48.1 Å². The number of amides is 2. The fourth-order valence-electron chi connectivity index (χ4n) is 2.68. The number of nitrogens with one attached hydrogen (secondary N) is 1. The standard InChI is InChI=1S/C11H18N2O3/c14-7-6-13-9(15)2-4-11(10(13)16)3-1-5-12-8-11/h12,14H,1-8H2. The predicted molar refractivity (Wildman–Crippen MR) is 57.6 cm³/mol. The van der Waals surface area contributed by atoms with E-state index in [1.807, 2.05) is 0 Å². The zero-order valence-corrected chi connectivity index (χ0v) is 9.37. The molecule has 0 aliphatic carbocycles. The molecule has 0 aromatic carbocycles. The van der Waals surface area contributed by atoms with E-state index in [4.69, 9.17) is 5.11 Å². The number of piperidine rings is 2. The maximum atomic E-state index is 12.3. The minimum Gasteiger partial charge on any atom is -0.395 e. The second-order valence-electron chi connectivity index (χ2n) is 4.63. The van der Waals surface area contributed by atoms with Gasteiger partial charge in [0.2, 0.25) is 11.8 Å². The molecule has 2 aliphatic heterocycles. The molecule has 2 rings (SSSR count). The van der Waals surface area contributed by atoms with Crippen LogP contribution in [0.1, 0.15) is 25.7 Å². The van der Waals surface area contributed by atoms with Gasteiger partial charge in [0.15, 0.2) is 0 Å². The van der Waals surface area contributed by atoms with Crippen molar-refractivity contribution >= 4 is 11.8 Å². The molecule has 5 heteroatoms. The summed E-state index contributed by atoms with van der Waals surface area (Å²) in [6.07, 6.45) is 2.91. The first-order valence-corrected chi connectivity index (χ1v) is 5.86. The number of β-amino-alcohol motifs (C(OH)–C–C–N with tert-alkyl or cyclic N) is 1. The van der Waals surface area contributed by atoms with Gasteiger partial charge in [-0.15, -0.1) is 0 Å². The molecule has 5 nitrogen and oxygen atoms in total. The average Bonchev–Trinajstić information content (AvgIpc) is 2.32. The zero-order valence-electron chi connectivity index (χ0n) is 9.37. The molecule has 1 spiro atoms. The lowest BCUT2D eigenvalue weighted by Crippen LogP contribution is -2.57. The quantitative estimate of drug-likeness (QED) is 0.623. The molecule has 2 heterocycles. The van der Waals surface area contributed by atoms with Crippen molar-refractivity contribution in [2.24, 2.45) is 5.41 Å². The Labute approximate surface area is 94.8 Å². The number of nitrogens with zero attached hydrogens (tertiary/aromatic N) is 1. The molecule has 1 unspecified atom stereocenters. The van der Waals surface area contributed by atoms with E-state index in [9.17, 15) is 9.59 Å². The van der Waals surface area contributed by atoms with E-state index in [-0.39, 0.29) is 30.4 Å². The molecule has 0 aromatic heterocycles. The summed E-state index contributed by atoms with van der Waals surface area (Å²) >= 11 is 0. The second-order valence-corrected chi connectivity index (χ2v) is 4.63. The van der Waals surface area contributed by atoms with E-state index in [0.717, 1.165) is 19.4 Å². The van der Waals surface area contributed by atoms with Crippen molar-refractivity contribution in [1.82, 2.24) is 10.2 Å². The maximum Gasteiger partial charge on any atom is 0.236 e. The highest BCUT2D eigenvalue weighted by Crippen LogP contribution is 2.37. The third kappa shape index (κ3) is 1.85. The van der Waals surface area contributed by atoms with E-state index >= 15 is 0 Å². The van der Waals surface area contributed by atoms with Crippen molar-refractivity contribution in [1.29, 1.82) is 0 Å². The van der Waals surface area contributed by atoms with Crippen molar-refractivity contribution in [3.05, 3.63) is 0 Å². The first kappa shape index (κ1) is 11.5. The molecule has 2 N–H and O–H groups in total. The summed E-state index contributed by atoms with van der Waals surface area (Å²) in [6, 6.07) is 0. The largest absolute Gasteiger partial charge is 0.395 e. The molecule has 2 saturated heterocycles. The number of aliphatic hydroxyl groups excluding tert-OH is 1. The molecule has 0 saturated carbocycles. The van der Waals surface area contributed by atoms with Gasteiger partial charge in [-0.05, 0) is 25.8 Å². The van der Waals surface area contributed by atoms with Gasteiger partial charge in [-0.1, -0.05) is 0 Å². The molecule has 0 bridgehead atoms. The Balaban J connectivity index is 2.16. The molecular weight excluding hydrogens is 208 g/mol. The van der Waals surface area contributed by atoms with Crippen molar-refractivity contribution in [3.63, 3.8) is 0 Å². The normalized spacial score (nSPS) is 31.2. The highest BCUT2D eigenvalue weighted by molar-refractivity contribution is 6.00. The third-order valence-electron chi connectivity index (χ3n) is 3.61. The number of aliphatic hydroxyl groups is 1. The number of carbonyl (C=O) groups excluding carboxylic acids is 2. The van der Waals surface area contributed by atoms with Crippen LogP contribution in [0.25, 0.3) is 0 Å². The Hall–Kier alpha value is -0.940. The highest BCUT2D eigenvalue weighted by Gasteiger charge is 2.47. The summed E-state index contributed by atoms with van der Waals surface area (Å²) in [5, 5.41) is 12.1. The molecule has 1 atom stereocenters. The van der Waals surface area contributed by atoms with Crippen LogP contribution in [0, 0.1) is 5.41 Å². The Bertz CT molecular complexity index is 298. The fraction of sp³-hybridized carbons (Fsp3) is 0.818. The summed E-state index contributed by atoms with van der Waals surface area (Å²) in [5.74, 6) is -0.236. The summed E-state index contributed by atoms with van der Waals surface area (Å²) in [7, 11) is 0. The van der Waals surface area contributed by atoms with Crippen LogP contribution in [0.15, 0.2) is 0 Å². The van der Waals surface area contributed by atoms with E-state index in [1.165, 1.54) is 4.90 Å². The lowest BCUT2D eigenvalue weighted by Gasteiger charge is -2.42. The first-order chi connectivity index (χ1) is 7.69. The molecule has 16 heavy (non-hydrogen) atoms. The van der Waals surface area contributed by atoms with Gasteiger partial charge in [0.05, 0.1) is 18.6 Å². The van der Waals surface area contributed by atoms with Gasteiger partial charge >= 0.3 is 0 Å². The Morgan fingerprint density at radius 2 is 2.19 bits per heavy atom. The van der Waals surface area contributed by atoms with Gasteiger partial charge in [0, 0.05) is 13.0 Å². The van der Waals surface area contributed by atoms with Crippen molar-refractivity contribution in [3.8, 4) is 0 Å². The van der Waals surface area contributed by atoms with Crippen LogP contribution in [-0.2, 0) is 9.59 Å². The van der Waals surface area contributed by atoms with Gasteiger partial charge in [0.1, 0.15) is 0 Å². The van der Waals surface area contributed by atoms with Crippen molar-refractivity contribution in [2.75, 3.05) is 26.2 Å². The summed E-state index contributed by atoms with van der Waals surface area (Å²) in [4.78, 5) is 25.1. The van der Waals surface area contributed by atoms with Gasteiger partial charge in [-0.25, -0.2) is 0 Å². The number of hydrogen-bond donors (Lipinski definition) is 2. The topological polar surface area (TPSA) is 69.6 Å². The van der Waals surface area contributed by atoms with Crippen LogP contribution in [0.2, 0.25) is 0 Å². The monoisotopic (exact) mass is 226 g/mol. The van der Waals surface area contributed by atoms with Crippen LogP contribution in [0.4, 0.5) is 0 Å². The van der Waals surface area contributed by atoms with Crippen LogP contribution < -0.4 is 5.32 Å². The third-order valence-corrected chi connectivity index (χ3v) is 3.61. The van der Waals surface area contributed by atoms with Gasteiger partial charge in [0.25, 0.3) is 0 Å². The minimum absolute atomic E-state index is 0.0926. The second kappa shape index (κ2) is 4.51. The van der Waals surface area contributed by atoms with Gasteiger partial charge in [-0.2, -0.15) is 0 Å². The van der Waals surface area contributed by atoms with Gasteiger partial charge < -0.3 is 10.4 Å². The first-order valence-electron chi connectivity index (χ1n) is 5.86. The average molecular weight is 226 g/mol. The Morgan fingerprint density at radius 1 is 1.38 bits per heavy atom. The van der Waals surface area contributed by atoms with Crippen molar-refractivity contribution in [2.45, 2.75) is 25.7 Å². The van der Waals surface area contributed by atoms with E-state index in [2.05, 4.69) is 5.32 Å². The number of imide groups is 1. The molecule has 0 radical (unpaired) electrons. The molecule has 0 aromatic rings. The maximum absolute atomic E-state index is 12.3. The Kier molecular flexibility index (Phi) is 3.25. The zero-order chi connectivity index (χ0) is 11.6. The molecule has 2 fully saturated rings. The van der Waals surface area contributed by atoms with Crippen LogP contribution >= 0.6 is 0 Å². The van der Waals surface area contributed by atoms with Crippen molar-refractivity contribution < 1.29 is 14.7 Å². The number of carbonyl (C=O) groups is 2. The summed E-state index contributed by atoms with van der Waals surface area (Å²) in [6.45, 7) is 1.60. The van der Waals surface area contributed by atoms with Gasteiger partial charge in [-0.3, -0.25) is 14.5 Å². The summed E-state index contributed by atoms with van der Waals surface area (Å²) in [5.41, 5.74) is -0.388. The molecular formula is C11H18N2O3. The lowest BCUT2D eigenvalue weighted by atomic mass is 9.73. The number of likely N-dealkylation sites (tertiary alicyclic amines) is 1. The predicted octanol–water partition coefficient (Wildman–Crippen LogP) is -0.502. The van der Waals surface area contributed by atoms with E-state index in [0.29, 0.717) is 19.4 Å². The summed E-state index contributed by atoms with van der Waals surface area (Å²) < 4.78 is 0. The Morgan fingerprint density at radius 3 is 2.81 bits per heavy atom. The van der Waals surface area contributed by atoms with Crippen LogP contribution in [0.5, 0.6) is 0 Å². The fourth-order valence-corrected chi connectivity index (χ4v) is 2.68. The SMILES string of the molecule is O=C1CCC2(CCCNC2)C(=O)N1CCO. The van der Waals surface area contributed by atoms with E-state index in [1.54, 1.807) is 0 Å². The molecule has 2 aliphatic rings. The number of hydrogen-bond acceptors (Lipinski definition) is 4. The number of rotatable bonds is 2. The lowest BCUT2D eigenvalue weighted by molar-refractivity contribution is -0.159. The molecule has 90 valence electrons. The van der Waals surface area contributed by atoms with E-state index < -0.39 is 0 Å².